The van der Waals surface area contributed by atoms with Crippen LogP contribution in [0.5, 0.6) is 0 Å². The molecule has 0 aromatic carbocycles. The van der Waals surface area contributed by atoms with Gasteiger partial charge in [0, 0.05) is 38.8 Å². The maximum absolute atomic E-state index is 12.8. The lowest BCUT2D eigenvalue weighted by Gasteiger charge is -2.37. The van der Waals surface area contributed by atoms with Crippen LogP contribution in [0.2, 0.25) is 0 Å². The van der Waals surface area contributed by atoms with Gasteiger partial charge in [-0.15, -0.1) is 0 Å². The van der Waals surface area contributed by atoms with Gasteiger partial charge in [-0.1, -0.05) is 0 Å². The van der Waals surface area contributed by atoms with Gasteiger partial charge in [-0.25, -0.2) is 14.4 Å². The molecule has 0 saturated carbocycles. The van der Waals surface area contributed by atoms with Gasteiger partial charge in [-0.3, -0.25) is 4.90 Å². The number of hydrogen-bond donors (Lipinski definition) is 1. The van der Waals surface area contributed by atoms with E-state index in [4.69, 9.17) is 0 Å². The number of aliphatic hydroxyl groups excluding tert-OH is 1. The molecule has 0 bridgehead atoms. The Bertz CT molecular complexity index is 413. The molecule has 3 rings (SSSR count). The van der Waals surface area contributed by atoms with Gasteiger partial charge in [-0.2, -0.15) is 0 Å². The van der Waals surface area contributed by atoms with E-state index in [1.165, 1.54) is 12.4 Å². The third-order valence-corrected chi connectivity index (χ3v) is 3.85. The highest BCUT2D eigenvalue weighted by Gasteiger charge is 2.36. The highest BCUT2D eigenvalue weighted by molar-refractivity contribution is 5.30. The van der Waals surface area contributed by atoms with Crippen molar-refractivity contribution in [1.29, 1.82) is 0 Å². The van der Waals surface area contributed by atoms with Gasteiger partial charge >= 0.3 is 0 Å². The fourth-order valence-corrected chi connectivity index (χ4v) is 2.93. The van der Waals surface area contributed by atoms with Crippen molar-refractivity contribution in [3.63, 3.8) is 0 Å². The summed E-state index contributed by atoms with van der Waals surface area (Å²) in [6.45, 7) is 3.93. The Balaban J connectivity index is 1.68. The molecular weight excluding hydrogens is 235 g/mol. The summed E-state index contributed by atoms with van der Waals surface area (Å²) in [5, 5.41) is 9.22. The van der Waals surface area contributed by atoms with Gasteiger partial charge in [0.1, 0.15) is 0 Å². The third kappa shape index (κ3) is 2.18. The molecular formula is C12H17FN4O. The van der Waals surface area contributed by atoms with Crippen LogP contribution in [0.25, 0.3) is 0 Å². The summed E-state index contributed by atoms with van der Waals surface area (Å²) in [7, 11) is 0. The molecule has 6 heteroatoms. The lowest BCUT2D eigenvalue weighted by molar-refractivity contribution is 0.208. The molecule has 2 fully saturated rings. The smallest absolute Gasteiger partial charge is 0.225 e. The number of piperazine rings is 1. The maximum atomic E-state index is 12.8. The Morgan fingerprint density at radius 2 is 2.06 bits per heavy atom. The molecule has 1 aromatic rings. The zero-order valence-electron chi connectivity index (χ0n) is 10.2. The number of aromatic nitrogens is 2. The van der Waals surface area contributed by atoms with Gasteiger partial charge in [0.2, 0.25) is 5.95 Å². The minimum atomic E-state index is -0.404. The van der Waals surface area contributed by atoms with Crippen LogP contribution in [0, 0.1) is 11.7 Å². The second-order valence-electron chi connectivity index (χ2n) is 5.08. The number of fused-ring (bicyclic) bond motifs is 1. The van der Waals surface area contributed by atoms with E-state index >= 15 is 0 Å². The SMILES string of the molecule is OCC1CC2CN(c3ncc(F)cn3)CCN2C1. The fraction of sp³-hybridized carbons (Fsp3) is 0.667. The van der Waals surface area contributed by atoms with Crippen molar-refractivity contribution in [3.8, 4) is 0 Å². The average Bonchev–Trinajstić information content (AvgIpc) is 2.81. The lowest BCUT2D eigenvalue weighted by Crippen LogP contribution is -2.50. The summed E-state index contributed by atoms with van der Waals surface area (Å²) in [6.07, 6.45) is 3.44. The zero-order valence-corrected chi connectivity index (χ0v) is 10.2. The van der Waals surface area contributed by atoms with E-state index in [0.29, 0.717) is 17.9 Å². The first-order valence-corrected chi connectivity index (χ1v) is 6.33. The molecule has 2 aliphatic heterocycles. The van der Waals surface area contributed by atoms with Crippen LogP contribution < -0.4 is 4.90 Å². The van der Waals surface area contributed by atoms with Crippen LogP contribution >= 0.6 is 0 Å². The van der Waals surface area contributed by atoms with Crippen molar-refractivity contribution >= 4 is 5.95 Å². The lowest BCUT2D eigenvalue weighted by atomic mass is 10.1. The highest BCUT2D eigenvalue weighted by Crippen LogP contribution is 2.27. The quantitative estimate of drug-likeness (QED) is 0.810. The van der Waals surface area contributed by atoms with Gasteiger partial charge < -0.3 is 10.0 Å². The van der Waals surface area contributed by atoms with E-state index in [2.05, 4.69) is 19.8 Å². The normalized spacial score (nSPS) is 28.4. The number of rotatable bonds is 2. The first kappa shape index (κ1) is 11.8. The molecule has 0 aliphatic carbocycles. The summed E-state index contributed by atoms with van der Waals surface area (Å²) in [5.41, 5.74) is 0. The van der Waals surface area contributed by atoms with E-state index in [9.17, 15) is 9.50 Å². The topological polar surface area (TPSA) is 52.5 Å². The molecule has 1 aromatic heterocycles. The van der Waals surface area contributed by atoms with E-state index in [1.807, 2.05) is 0 Å². The Hall–Kier alpha value is -1.27. The number of hydrogen-bond acceptors (Lipinski definition) is 5. The van der Waals surface area contributed by atoms with Crippen molar-refractivity contribution in [2.75, 3.05) is 37.7 Å². The van der Waals surface area contributed by atoms with Crippen LogP contribution in [-0.4, -0.2) is 58.8 Å². The average molecular weight is 252 g/mol. The van der Waals surface area contributed by atoms with Crippen molar-refractivity contribution in [2.45, 2.75) is 12.5 Å². The molecule has 0 radical (unpaired) electrons. The molecule has 98 valence electrons. The standard InChI is InChI=1S/C12H17FN4O/c13-10-4-14-12(15-5-10)17-2-1-16-6-9(8-18)3-11(16)7-17/h4-5,9,11,18H,1-3,6-8H2. The summed E-state index contributed by atoms with van der Waals surface area (Å²) in [5.74, 6) is 0.589. The molecule has 18 heavy (non-hydrogen) atoms. The second-order valence-corrected chi connectivity index (χ2v) is 5.08. The van der Waals surface area contributed by atoms with E-state index < -0.39 is 5.82 Å². The summed E-state index contributed by atoms with van der Waals surface area (Å²) in [4.78, 5) is 12.6. The zero-order chi connectivity index (χ0) is 12.5. The van der Waals surface area contributed by atoms with Gasteiger partial charge in [0.25, 0.3) is 0 Å². The summed E-state index contributed by atoms with van der Waals surface area (Å²) >= 11 is 0. The third-order valence-electron chi connectivity index (χ3n) is 3.85. The second kappa shape index (κ2) is 4.78. The Kier molecular flexibility index (Phi) is 3.13. The van der Waals surface area contributed by atoms with Gasteiger partial charge in [0.05, 0.1) is 12.4 Å². The van der Waals surface area contributed by atoms with E-state index in [-0.39, 0.29) is 6.61 Å². The van der Waals surface area contributed by atoms with Crippen LogP contribution in [0.15, 0.2) is 12.4 Å². The van der Waals surface area contributed by atoms with Gasteiger partial charge in [0.15, 0.2) is 5.82 Å². The van der Waals surface area contributed by atoms with Crippen molar-refractivity contribution in [3.05, 3.63) is 18.2 Å². The van der Waals surface area contributed by atoms with Crippen LogP contribution in [0.3, 0.4) is 0 Å². The predicted octanol–water partition coefficient (Wildman–Crippen LogP) is 0.118. The molecule has 5 nitrogen and oxygen atoms in total. The molecule has 0 amide bonds. The molecule has 2 saturated heterocycles. The van der Waals surface area contributed by atoms with Crippen molar-refractivity contribution in [2.24, 2.45) is 5.92 Å². The number of halogens is 1. The van der Waals surface area contributed by atoms with Crippen molar-refractivity contribution < 1.29 is 9.50 Å². The Labute approximate surface area is 105 Å². The molecule has 3 heterocycles. The minimum absolute atomic E-state index is 0.264. The Morgan fingerprint density at radius 1 is 1.28 bits per heavy atom. The van der Waals surface area contributed by atoms with Gasteiger partial charge in [-0.05, 0) is 12.3 Å². The largest absolute Gasteiger partial charge is 0.396 e. The minimum Gasteiger partial charge on any atom is -0.396 e. The monoisotopic (exact) mass is 252 g/mol. The Morgan fingerprint density at radius 3 is 2.78 bits per heavy atom. The van der Waals surface area contributed by atoms with Crippen LogP contribution in [0.1, 0.15) is 6.42 Å². The molecule has 2 aliphatic rings. The summed E-state index contributed by atoms with van der Waals surface area (Å²) < 4.78 is 12.8. The molecule has 2 atom stereocenters. The fourth-order valence-electron chi connectivity index (χ4n) is 2.93. The predicted molar refractivity (Wildman–Crippen MR) is 64.8 cm³/mol. The van der Waals surface area contributed by atoms with E-state index in [1.54, 1.807) is 0 Å². The number of nitrogens with zero attached hydrogens (tertiary/aromatic N) is 4. The maximum Gasteiger partial charge on any atom is 0.225 e. The van der Waals surface area contributed by atoms with Crippen LogP contribution in [-0.2, 0) is 0 Å². The molecule has 0 spiro atoms. The molecule has 1 N–H and O–H groups in total. The molecule has 2 unspecified atom stereocenters. The first-order valence-electron chi connectivity index (χ1n) is 6.33. The number of anilines is 1. The number of aliphatic hydroxyl groups is 1. The van der Waals surface area contributed by atoms with Crippen LogP contribution in [0.4, 0.5) is 10.3 Å². The first-order chi connectivity index (χ1) is 8.76. The van der Waals surface area contributed by atoms with E-state index in [0.717, 1.165) is 32.6 Å². The van der Waals surface area contributed by atoms with Crippen molar-refractivity contribution in [1.82, 2.24) is 14.9 Å². The highest BCUT2D eigenvalue weighted by atomic mass is 19.1. The summed E-state index contributed by atoms with van der Waals surface area (Å²) in [6, 6.07) is 0.463.